The smallest absolute Gasteiger partial charge is 0.0777 e. The molecule has 2 rings (SSSR count). The summed E-state index contributed by atoms with van der Waals surface area (Å²) in [6.45, 7) is 7.41. The standard InChI is InChI=1S/C15H24N2O/c1-12-13(6-4-7-14(12)16)10-17-9-5-8-15(2,11-17)18-3/h4,6-7H,5,8-11,16H2,1-3H3. The molecule has 18 heavy (non-hydrogen) atoms. The zero-order valence-corrected chi connectivity index (χ0v) is 11.7. The van der Waals surface area contributed by atoms with Gasteiger partial charge in [0.1, 0.15) is 0 Å². The van der Waals surface area contributed by atoms with Crippen molar-refractivity contribution in [3.8, 4) is 0 Å². The van der Waals surface area contributed by atoms with Crippen LogP contribution in [0.3, 0.4) is 0 Å². The largest absolute Gasteiger partial charge is 0.399 e. The summed E-state index contributed by atoms with van der Waals surface area (Å²) >= 11 is 0. The van der Waals surface area contributed by atoms with E-state index in [9.17, 15) is 0 Å². The van der Waals surface area contributed by atoms with Gasteiger partial charge in [-0.05, 0) is 50.4 Å². The lowest BCUT2D eigenvalue weighted by Crippen LogP contribution is -2.46. The first-order valence-corrected chi connectivity index (χ1v) is 6.65. The van der Waals surface area contributed by atoms with E-state index in [1.54, 1.807) is 0 Å². The summed E-state index contributed by atoms with van der Waals surface area (Å²) in [7, 11) is 1.81. The molecule has 1 aliphatic rings. The average molecular weight is 248 g/mol. The molecule has 1 saturated heterocycles. The molecule has 1 aromatic rings. The number of hydrogen-bond donors (Lipinski definition) is 1. The van der Waals surface area contributed by atoms with Crippen LogP contribution in [-0.2, 0) is 11.3 Å². The second kappa shape index (κ2) is 5.29. The number of anilines is 1. The van der Waals surface area contributed by atoms with Crippen LogP contribution in [-0.4, -0.2) is 30.7 Å². The van der Waals surface area contributed by atoms with E-state index in [4.69, 9.17) is 10.5 Å². The molecule has 100 valence electrons. The van der Waals surface area contributed by atoms with Crippen molar-refractivity contribution in [2.45, 2.75) is 38.8 Å². The van der Waals surface area contributed by atoms with Gasteiger partial charge in [-0.25, -0.2) is 0 Å². The van der Waals surface area contributed by atoms with Gasteiger partial charge in [0.15, 0.2) is 0 Å². The minimum atomic E-state index is 0.00643. The second-order valence-electron chi connectivity index (χ2n) is 5.60. The number of piperidine rings is 1. The fraction of sp³-hybridized carbons (Fsp3) is 0.600. The van der Waals surface area contributed by atoms with Crippen molar-refractivity contribution >= 4 is 5.69 Å². The van der Waals surface area contributed by atoms with Gasteiger partial charge in [-0.1, -0.05) is 12.1 Å². The van der Waals surface area contributed by atoms with Crippen LogP contribution in [0.4, 0.5) is 5.69 Å². The van der Waals surface area contributed by atoms with Crippen LogP contribution < -0.4 is 5.73 Å². The first-order chi connectivity index (χ1) is 8.54. The van der Waals surface area contributed by atoms with E-state index in [0.717, 1.165) is 31.7 Å². The molecule has 1 heterocycles. The van der Waals surface area contributed by atoms with E-state index in [-0.39, 0.29) is 5.60 Å². The third-order valence-electron chi connectivity index (χ3n) is 4.11. The zero-order chi connectivity index (χ0) is 13.2. The highest BCUT2D eigenvalue weighted by molar-refractivity contribution is 5.49. The van der Waals surface area contributed by atoms with Crippen molar-refractivity contribution in [1.82, 2.24) is 4.90 Å². The van der Waals surface area contributed by atoms with Gasteiger partial charge >= 0.3 is 0 Å². The van der Waals surface area contributed by atoms with E-state index < -0.39 is 0 Å². The van der Waals surface area contributed by atoms with Gasteiger partial charge < -0.3 is 10.5 Å². The Kier molecular flexibility index (Phi) is 3.93. The van der Waals surface area contributed by atoms with Crippen molar-refractivity contribution in [2.24, 2.45) is 0 Å². The van der Waals surface area contributed by atoms with Gasteiger partial charge in [-0.2, -0.15) is 0 Å². The number of ether oxygens (including phenoxy) is 1. The van der Waals surface area contributed by atoms with E-state index in [0.29, 0.717) is 0 Å². The molecular weight excluding hydrogens is 224 g/mol. The van der Waals surface area contributed by atoms with Crippen LogP contribution in [0, 0.1) is 6.92 Å². The predicted molar refractivity (Wildman–Crippen MR) is 75.5 cm³/mol. The van der Waals surface area contributed by atoms with Gasteiger partial charge in [0, 0.05) is 25.9 Å². The maximum absolute atomic E-state index is 5.96. The molecule has 1 atom stereocenters. The Hall–Kier alpha value is -1.06. The summed E-state index contributed by atoms with van der Waals surface area (Å²) in [4.78, 5) is 2.47. The Morgan fingerprint density at radius 1 is 1.44 bits per heavy atom. The Morgan fingerprint density at radius 2 is 2.22 bits per heavy atom. The highest BCUT2D eigenvalue weighted by Crippen LogP contribution is 2.26. The highest BCUT2D eigenvalue weighted by atomic mass is 16.5. The van der Waals surface area contributed by atoms with Crippen LogP contribution >= 0.6 is 0 Å². The van der Waals surface area contributed by atoms with Crippen molar-refractivity contribution in [1.29, 1.82) is 0 Å². The topological polar surface area (TPSA) is 38.5 Å². The molecular formula is C15H24N2O. The van der Waals surface area contributed by atoms with E-state index >= 15 is 0 Å². The zero-order valence-electron chi connectivity index (χ0n) is 11.7. The third-order valence-corrected chi connectivity index (χ3v) is 4.11. The molecule has 0 amide bonds. The fourth-order valence-corrected chi connectivity index (χ4v) is 2.72. The third kappa shape index (κ3) is 2.85. The normalized spacial score (nSPS) is 25.3. The van der Waals surface area contributed by atoms with Crippen LogP contribution in [0.15, 0.2) is 18.2 Å². The number of hydrogen-bond acceptors (Lipinski definition) is 3. The van der Waals surface area contributed by atoms with Gasteiger partial charge in [0.25, 0.3) is 0 Å². The van der Waals surface area contributed by atoms with E-state index in [2.05, 4.69) is 24.8 Å². The number of nitrogen functional groups attached to an aromatic ring is 1. The molecule has 0 spiro atoms. The van der Waals surface area contributed by atoms with Crippen LogP contribution in [0.1, 0.15) is 30.9 Å². The number of benzene rings is 1. The minimum absolute atomic E-state index is 0.00643. The maximum Gasteiger partial charge on any atom is 0.0777 e. The number of methoxy groups -OCH3 is 1. The van der Waals surface area contributed by atoms with Crippen LogP contribution in [0.2, 0.25) is 0 Å². The Labute approximate surface area is 110 Å². The average Bonchev–Trinajstić information content (AvgIpc) is 2.35. The monoisotopic (exact) mass is 248 g/mol. The van der Waals surface area contributed by atoms with Gasteiger partial charge in [0.2, 0.25) is 0 Å². The molecule has 3 nitrogen and oxygen atoms in total. The molecule has 3 heteroatoms. The summed E-state index contributed by atoms with van der Waals surface area (Å²) in [5.74, 6) is 0. The lowest BCUT2D eigenvalue weighted by Gasteiger charge is -2.39. The molecule has 2 N–H and O–H groups in total. The molecule has 0 bridgehead atoms. The first kappa shape index (κ1) is 13.4. The molecule has 0 saturated carbocycles. The molecule has 0 aromatic heterocycles. The van der Waals surface area contributed by atoms with Crippen molar-refractivity contribution in [3.63, 3.8) is 0 Å². The first-order valence-electron chi connectivity index (χ1n) is 6.65. The van der Waals surface area contributed by atoms with E-state index in [1.165, 1.54) is 17.5 Å². The molecule has 1 fully saturated rings. The molecule has 1 unspecified atom stereocenters. The highest BCUT2D eigenvalue weighted by Gasteiger charge is 2.30. The number of nitrogens with two attached hydrogens (primary N) is 1. The summed E-state index contributed by atoms with van der Waals surface area (Å²) in [5, 5.41) is 0. The summed E-state index contributed by atoms with van der Waals surface area (Å²) in [5.41, 5.74) is 9.40. The summed E-state index contributed by atoms with van der Waals surface area (Å²) < 4.78 is 5.63. The van der Waals surface area contributed by atoms with Crippen LogP contribution in [0.5, 0.6) is 0 Å². The van der Waals surface area contributed by atoms with Gasteiger partial charge in [-0.3, -0.25) is 4.90 Å². The Bertz CT molecular complexity index is 419. The van der Waals surface area contributed by atoms with Crippen LogP contribution in [0.25, 0.3) is 0 Å². The SMILES string of the molecule is COC1(C)CCCN(Cc2cccc(N)c2C)C1. The number of nitrogens with zero attached hydrogens (tertiary/aromatic N) is 1. The second-order valence-corrected chi connectivity index (χ2v) is 5.60. The fourth-order valence-electron chi connectivity index (χ4n) is 2.72. The minimum Gasteiger partial charge on any atom is -0.399 e. The van der Waals surface area contributed by atoms with Crippen molar-refractivity contribution < 1.29 is 4.74 Å². The Balaban J connectivity index is 2.07. The lowest BCUT2D eigenvalue weighted by molar-refractivity contribution is -0.0527. The molecule has 1 aromatic carbocycles. The predicted octanol–water partition coefficient (Wildman–Crippen LogP) is 2.58. The van der Waals surface area contributed by atoms with Crippen molar-refractivity contribution in [2.75, 3.05) is 25.9 Å². The summed E-state index contributed by atoms with van der Waals surface area (Å²) in [6, 6.07) is 6.18. The van der Waals surface area contributed by atoms with E-state index in [1.807, 2.05) is 19.2 Å². The quantitative estimate of drug-likeness (QED) is 0.836. The van der Waals surface area contributed by atoms with Gasteiger partial charge in [0.05, 0.1) is 5.60 Å². The van der Waals surface area contributed by atoms with Crippen molar-refractivity contribution in [3.05, 3.63) is 29.3 Å². The Morgan fingerprint density at radius 3 is 2.94 bits per heavy atom. The molecule has 1 aliphatic heterocycles. The van der Waals surface area contributed by atoms with Gasteiger partial charge in [-0.15, -0.1) is 0 Å². The molecule has 0 radical (unpaired) electrons. The maximum atomic E-state index is 5.96. The number of rotatable bonds is 3. The molecule has 0 aliphatic carbocycles. The lowest BCUT2D eigenvalue weighted by atomic mass is 9.94. The number of likely N-dealkylation sites (tertiary alicyclic amines) is 1. The summed E-state index contributed by atoms with van der Waals surface area (Å²) in [6.07, 6.45) is 2.35.